The van der Waals surface area contributed by atoms with Crippen molar-refractivity contribution < 1.29 is 4.79 Å². The fourth-order valence-corrected chi connectivity index (χ4v) is 2.91. The summed E-state index contributed by atoms with van der Waals surface area (Å²) in [6, 6.07) is 1.84. The van der Waals surface area contributed by atoms with Crippen molar-refractivity contribution in [3.05, 3.63) is 22.3 Å². The molecule has 0 radical (unpaired) electrons. The van der Waals surface area contributed by atoms with Crippen LogP contribution in [0.3, 0.4) is 0 Å². The average molecular weight is 340 g/mol. The van der Waals surface area contributed by atoms with E-state index in [-0.39, 0.29) is 5.91 Å². The lowest BCUT2D eigenvalue weighted by Gasteiger charge is -2.39. The molecule has 2 heterocycles. The maximum atomic E-state index is 12.7. The molecule has 1 aromatic rings. The first-order chi connectivity index (χ1) is 9.49. The van der Waals surface area contributed by atoms with E-state index in [1.54, 1.807) is 13.2 Å². The monoisotopic (exact) mass is 339 g/mol. The van der Waals surface area contributed by atoms with Crippen LogP contribution < -0.4 is 5.32 Å². The SMILES string of the molecule is CCC1(C)CCN(C(=O)c2cc(Br)cnc2NC)CC1. The number of nitrogens with zero attached hydrogens (tertiary/aromatic N) is 2. The highest BCUT2D eigenvalue weighted by Gasteiger charge is 2.31. The highest BCUT2D eigenvalue weighted by Crippen LogP contribution is 2.34. The number of pyridine rings is 1. The number of piperidine rings is 1. The second kappa shape index (κ2) is 6.12. The third kappa shape index (κ3) is 3.14. The predicted octanol–water partition coefficient (Wildman–Crippen LogP) is 3.54. The number of halogens is 1. The largest absolute Gasteiger partial charge is 0.372 e. The maximum absolute atomic E-state index is 12.7. The molecule has 1 amide bonds. The summed E-state index contributed by atoms with van der Waals surface area (Å²) < 4.78 is 0.829. The quantitative estimate of drug-likeness (QED) is 0.915. The van der Waals surface area contributed by atoms with E-state index in [1.165, 1.54) is 6.42 Å². The van der Waals surface area contributed by atoms with E-state index in [2.05, 4.69) is 40.1 Å². The zero-order chi connectivity index (χ0) is 14.8. The number of amides is 1. The van der Waals surface area contributed by atoms with Gasteiger partial charge in [0.05, 0.1) is 5.56 Å². The van der Waals surface area contributed by atoms with Gasteiger partial charge in [0.15, 0.2) is 0 Å². The summed E-state index contributed by atoms with van der Waals surface area (Å²) in [7, 11) is 1.79. The van der Waals surface area contributed by atoms with Crippen molar-refractivity contribution in [1.82, 2.24) is 9.88 Å². The normalized spacial score (nSPS) is 17.9. The number of rotatable bonds is 3. The molecule has 0 aromatic carbocycles. The predicted molar refractivity (Wildman–Crippen MR) is 85.0 cm³/mol. The molecule has 110 valence electrons. The summed E-state index contributed by atoms with van der Waals surface area (Å²) in [6.45, 7) is 6.21. The van der Waals surface area contributed by atoms with Crippen LogP contribution in [0.25, 0.3) is 0 Å². The second-order valence-corrected chi connectivity index (χ2v) is 6.67. The third-order valence-electron chi connectivity index (χ3n) is 4.43. The zero-order valence-electron chi connectivity index (χ0n) is 12.4. The van der Waals surface area contributed by atoms with Crippen LogP contribution in [0.15, 0.2) is 16.7 Å². The first-order valence-electron chi connectivity index (χ1n) is 7.11. The molecule has 1 aliphatic heterocycles. The van der Waals surface area contributed by atoms with Crippen molar-refractivity contribution >= 4 is 27.7 Å². The summed E-state index contributed by atoms with van der Waals surface area (Å²) in [6.07, 6.45) is 5.03. The van der Waals surface area contributed by atoms with Gasteiger partial charge >= 0.3 is 0 Å². The fourth-order valence-electron chi connectivity index (χ4n) is 2.58. The van der Waals surface area contributed by atoms with Gasteiger partial charge in [0, 0.05) is 30.8 Å². The molecule has 0 saturated carbocycles. The van der Waals surface area contributed by atoms with Crippen molar-refractivity contribution in [2.24, 2.45) is 5.41 Å². The number of hydrogen-bond donors (Lipinski definition) is 1. The zero-order valence-corrected chi connectivity index (χ0v) is 14.0. The highest BCUT2D eigenvalue weighted by atomic mass is 79.9. The molecule has 0 aliphatic carbocycles. The number of hydrogen-bond acceptors (Lipinski definition) is 3. The van der Waals surface area contributed by atoms with Gasteiger partial charge in [-0.25, -0.2) is 4.98 Å². The molecule has 1 N–H and O–H groups in total. The Labute approximate surface area is 129 Å². The van der Waals surface area contributed by atoms with Gasteiger partial charge in [-0.2, -0.15) is 0 Å². The minimum Gasteiger partial charge on any atom is -0.372 e. The number of nitrogens with one attached hydrogen (secondary N) is 1. The number of anilines is 1. The van der Waals surface area contributed by atoms with E-state index in [0.717, 1.165) is 30.4 Å². The van der Waals surface area contributed by atoms with Crippen LogP contribution in [0.2, 0.25) is 0 Å². The molecule has 0 spiro atoms. The van der Waals surface area contributed by atoms with Gasteiger partial charge in [-0.15, -0.1) is 0 Å². The number of aromatic nitrogens is 1. The summed E-state index contributed by atoms with van der Waals surface area (Å²) in [5.74, 6) is 0.711. The van der Waals surface area contributed by atoms with Gasteiger partial charge in [-0.3, -0.25) is 4.79 Å². The third-order valence-corrected chi connectivity index (χ3v) is 4.87. The lowest BCUT2D eigenvalue weighted by Crippen LogP contribution is -2.42. The molecule has 2 rings (SSSR count). The Kier molecular flexibility index (Phi) is 4.68. The number of carbonyl (C=O) groups is 1. The van der Waals surface area contributed by atoms with Crippen molar-refractivity contribution in [3.63, 3.8) is 0 Å². The van der Waals surface area contributed by atoms with Crippen molar-refractivity contribution in [2.75, 3.05) is 25.5 Å². The molecular formula is C15H22BrN3O. The Balaban J connectivity index is 2.15. The smallest absolute Gasteiger partial charge is 0.257 e. The van der Waals surface area contributed by atoms with Crippen LogP contribution in [0.1, 0.15) is 43.5 Å². The van der Waals surface area contributed by atoms with Crippen LogP contribution in [-0.2, 0) is 0 Å². The van der Waals surface area contributed by atoms with E-state index < -0.39 is 0 Å². The lowest BCUT2D eigenvalue weighted by molar-refractivity contribution is 0.0601. The summed E-state index contributed by atoms with van der Waals surface area (Å²) >= 11 is 3.39. The molecule has 4 nitrogen and oxygen atoms in total. The van der Waals surface area contributed by atoms with Crippen LogP contribution >= 0.6 is 15.9 Å². The molecular weight excluding hydrogens is 318 g/mol. The molecule has 1 aliphatic rings. The second-order valence-electron chi connectivity index (χ2n) is 5.76. The Morgan fingerprint density at radius 1 is 1.50 bits per heavy atom. The van der Waals surface area contributed by atoms with Crippen LogP contribution in [0.5, 0.6) is 0 Å². The fraction of sp³-hybridized carbons (Fsp3) is 0.600. The summed E-state index contributed by atoms with van der Waals surface area (Å²) in [4.78, 5) is 18.9. The molecule has 0 unspecified atom stereocenters. The average Bonchev–Trinajstić information content (AvgIpc) is 2.47. The lowest BCUT2D eigenvalue weighted by atomic mass is 9.78. The number of likely N-dealkylation sites (tertiary alicyclic amines) is 1. The van der Waals surface area contributed by atoms with E-state index in [1.807, 2.05) is 11.0 Å². The Morgan fingerprint density at radius 3 is 2.70 bits per heavy atom. The minimum absolute atomic E-state index is 0.0707. The van der Waals surface area contributed by atoms with Crippen molar-refractivity contribution in [3.8, 4) is 0 Å². The molecule has 1 saturated heterocycles. The van der Waals surface area contributed by atoms with Gasteiger partial charge in [0.25, 0.3) is 5.91 Å². The van der Waals surface area contributed by atoms with Gasteiger partial charge in [0.1, 0.15) is 5.82 Å². The molecule has 1 aromatic heterocycles. The van der Waals surface area contributed by atoms with Crippen LogP contribution in [-0.4, -0.2) is 35.9 Å². The van der Waals surface area contributed by atoms with Gasteiger partial charge < -0.3 is 10.2 Å². The summed E-state index contributed by atoms with van der Waals surface area (Å²) in [5.41, 5.74) is 1.03. The highest BCUT2D eigenvalue weighted by molar-refractivity contribution is 9.10. The molecule has 20 heavy (non-hydrogen) atoms. The Hall–Kier alpha value is -1.10. The summed E-state index contributed by atoms with van der Waals surface area (Å²) in [5, 5.41) is 2.99. The van der Waals surface area contributed by atoms with E-state index in [9.17, 15) is 4.79 Å². The van der Waals surface area contributed by atoms with E-state index >= 15 is 0 Å². The van der Waals surface area contributed by atoms with Gasteiger partial charge in [-0.05, 0) is 40.3 Å². The molecule has 0 bridgehead atoms. The topological polar surface area (TPSA) is 45.2 Å². The van der Waals surface area contributed by atoms with Crippen LogP contribution in [0.4, 0.5) is 5.82 Å². The Morgan fingerprint density at radius 2 is 2.15 bits per heavy atom. The standard InChI is InChI=1S/C15H22BrN3O/c1-4-15(2)5-7-19(8-6-15)14(20)12-9-11(16)10-18-13(12)17-3/h9-10H,4-8H2,1-3H3,(H,17,18). The van der Waals surface area contributed by atoms with Crippen LogP contribution in [0, 0.1) is 5.41 Å². The van der Waals surface area contributed by atoms with Gasteiger partial charge in [0.2, 0.25) is 0 Å². The maximum Gasteiger partial charge on any atom is 0.257 e. The number of carbonyl (C=O) groups excluding carboxylic acids is 1. The van der Waals surface area contributed by atoms with Crippen molar-refractivity contribution in [1.29, 1.82) is 0 Å². The molecule has 0 atom stereocenters. The molecule has 5 heteroatoms. The first kappa shape index (κ1) is 15.3. The Bertz CT molecular complexity index is 496. The molecule has 1 fully saturated rings. The van der Waals surface area contributed by atoms with E-state index in [0.29, 0.717) is 16.8 Å². The minimum atomic E-state index is 0.0707. The van der Waals surface area contributed by atoms with E-state index in [4.69, 9.17) is 0 Å². The van der Waals surface area contributed by atoms with Crippen molar-refractivity contribution in [2.45, 2.75) is 33.1 Å². The van der Waals surface area contributed by atoms with Gasteiger partial charge in [-0.1, -0.05) is 20.3 Å². The first-order valence-corrected chi connectivity index (χ1v) is 7.91.